The van der Waals surface area contributed by atoms with Crippen molar-refractivity contribution >= 4 is 10.0 Å². The van der Waals surface area contributed by atoms with Crippen molar-refractivity contribution < 1.29 is 13.2 Å². The first-order valence-electron chi connectivity index (χ1n) is 6.82. The Morgan fingerprint density at radius 3 is 2.85 bits per heavy atom. The molecule has 0 aliphatic heterocycles. The molecule has 1 aromatic heterocycles. The van der Waals surface area contributed by atoms with Gasteiger partial charge in [-0.1, -0.05) is 6.92 Å². The Kier molecular flexibility index (Phi) is 7.75. The highest BCUT2D eigenvalue weighted by Crippen LogP contribution is 2.06. The summed E-state index contributed by atoms with van der Waals surface area (Å²) >= 11 is 0. The molecule has 0 saturated carbocycles. The number of rotatable bonds is 11. The van der Waals surface area contributed by atoms with Gasteiger partial charge in [-0.25, -0.2) is 13.1 Å². The molecular weight excluding hydrogens is 280 g/mol. The maximum atomic E-state index is 11.9. The lowest BCUT2D eigenvalue weighted by Gasteiger charge is -2.04. The first-order valence-corrected chi connectivity index (χ1v) is 8.30. The van der Waals surface area contributed by atoms with E-state index >= 15 is 0 Å². The van der Waals surface area contributed by atoms with Crippen LogP contribution in [-0.4, -0.2) is 51.5 Å². The molecule has 1 aromatic rings. The van der Waals surface area contributed by atoms with E-state index in [-0.39, 0.29) is 11.4 Å². The molecule has 0 bridgehead atoms. The second-order valence-corrected chi connectivity index (χ2v) is 6.20. The van der Waals surface area contributed by atoms with E-state index in [0.29, 0.717) is 13.2 Å². The van der Waals surface area contributed by atoms with Gasteiger partial charge < -0.3 is 10.1 Å². The van der Waals surface area contributed by atoms with E-state index in [2.05, 4.69) is 22.1 Å². The zero-order valence-corrected chi connectivity index (χ0v) is 12.9. The second-order valence-electron chi connectivity index (χ2n) is 4.43. The molecule has 0 aliphatic rings. The van der Waals surface area contributed by atoms with Crippen molar-refractivity contribution in [1.82, 2.24) is 19.8 Å². The molecule has 0 saturated heterocycles. The molecule has 7 nitrogen and oxygen atoms in total. The number of ether oxygens (including phenoxy) is 1. The van der Waals surface area contributed by atoms with Crippen molar-refractivity contribution in [2.45, 2.75) is 31.2 Å². The summed E-state index contributed by atoms with van der Waals surface area (Å²) in [5, 5.41) is 7.36. The van der Waals surface area contributed by atoms with Crippen molar-refractivity contribution in [3.8, 4) is 0 Å². The lowest BCUT2D eigenvalue weighted by Crippen LogP contribution is -2.26. The average Bonchev–Trinajstić information content (AvgIpc) is 2.88. The highest BCUT2D eigenvalue weighted by molar-refractivity contribution is 7.89. The molecule has 0 aliphatic carbocycles. The fourth-order valence-corrected chi connectivity index (χ4v) is 2.60. The Hall–Kier alpha value is -0.960. The van der Waals surface area contributed by atoms with Crippen LogP contribution in [0.2, 0.25) is 0 Å². The minimum absolute atomic E-state index is 0.190. The van der Waals surface area contributed by atoms with Crippen LogP contribution in [0, 0.1) is 0 Å². The van der Waals surface area contributed by atoms with Gasteiger partial charge in [-0.3, -0.25) is 4.68 Å². The Bertz CT molecular complexity index is 473. The van der Waals surface area contributed by atoms with Crippen molar-refractivity contribution in [3.63, 3.8) is 0 Å². The van der Waals surface area contributed by atoms with Crippen molar-refractivity contribution in [2.24, 2.45) is 0 Å². The summed E-state index contributed by atoms with van der Waals surface area (Å²) in [5.41, 5.74) is 0. The quantitative estimate of drug-likeness (QED) is 0.570. The molecule has 8 heteroatoms. The third-order valence-electron chi connectivity index (χ3n) is 2.69. The highest BCUT2D eigenvalue weighted by atomic mass is 32.2. The maximum Gasteiger partial charge on any atom is 0.243 e. The van der Waals surface area contributed by atoms with Crippen LogP contribution in [-0.2, 0) is 21.3 Å². The van der Waals surface area contributed by atoms with Gasteiger partial charge in [-0.05, 0) is 25.9 Å². The summed E-state index contributed by atoms with van der Waals surface area (Å²) in [4.78, 5) is 0.190. The number of hydrogen-bond donors (Lipinski definition) is 2. The molecule has 0 radical (unpaired) electrons. The molecule has 20 heavy (non-hydrogen) atoms. The van der Waals surface area contributed by atoms with Gasteiger partial charge in [-0.2, -0.15) is 5.10 Å². The van der Waals surface area contributed by atoms with Crippen LogP contribution in [0.3, 0.4) is 0 Å². The standard InChI is InChI=1S/C12H24N4O3S/c1-3-5-13-6-4-8-16-11-12(10-14-16)20(17,18)15-7-9-19-2/h10-11,13,15H,3-9H2,1-2H3. The lowest BCUT2D eigenvalue weighted by atomic mass is 10.4. The van der Waals surface area contributed by atoms with Crippen LogP contribution in [0.15, 0.2) is 17.3 Å². The van der Waals surface area contributed by atoms with E-state index in [1.54, 1.807) is 10.9 Å². The fourth-order valence-electron chi connectivity index (χ4n) is 1.63. The minimum atomic E-state index is -3.48. The summed E-state index contributed by atoms with van der Waals surface area (Å²) in [5.74, 6) is 0. The van der Waals surface area contributed by atoms with Crippen LogP contribution in [0.5, 0.6) is 0 Å². The first kappa shape index (κ1) is 17.1. The van der Waals surface area contributed by atoms with Gasteiger partial charge in [0.05, 0.1) is 12.8 Å². The molecule has 0 spiro atoms. The first-order chi connectivity index (χ1) is 9.60. The summed E-state index contributed by atoms with van der Waals surface area (Å²) in [6, 6.07) is 0. The van der Waals surface area contributed by atoms with Crippen molar-refractivity contribution in [2.75, 3.05) is 33.4 Å². The zero-order valence-electron chi connectivity index (χ0n) is 12.1. The topological polar surface area (TPSA) is 85.2 Å². The fraction of sp³-hybridized carbons (Fsp3) is 0.750. The van der Waals surface area contributed by atoms with Crippen LogP contribution in [0.25, 0.3) is 0 Å². The van der Waals surface area contributed by atoms with E-state index in [9.17, 15) is 8.42 Å². The van der Waals surface area contributed by atoms with E-state index in [4.69, 9.17) is 4.74 Å². The van der Waals surface area contributed by atoms with Gasteiger partial charge in [0, 0.05) is 26.4 Å². The molecule has 0 amide bonds. The predicted octanol–water partition coefficient (Wildman–Crippen LogP) is 0.198. The Morgan fingerprint density at radius 1 is 1.35 bits per heavy atom. The number of methoxy groups -OCH3 is 1. The summed E-state index contributed by atoms with van der Waals surface area (Å²) in [7, 11) is -1.95. The number of sulfonamides is 1. The molecule has 0 aromatic carbocycles. The largest absolute Gasteiger partial charge is 0.383 e. The SMILES string of the molecule is CCCNCCCn1cc(S(=O)(=O)NCCOC)cn1. The molecule has 2 N–H and O–H groups in total. The molecule has 116 valence electrons. The van der Waals surface area contributed by atoms with Gasteiger partial charge in [-0.15, -0.1) is 0 Å². The summed E-state index contributed by atoms with van der Waals surface area (Å²) < 4.78 is 32.7. The number of nitrogens with one attached hydrogen (secondary N) is 2. The minimum Gasteiger partial charge on any atom is -0.383 e. The van der Waals surface area contributed by atoms with Crippen LogP contribution >= 0.6 is 0 Å². The monoisotopic (exact) mass is 304 g/mol. The highest BCUT2D eigenvalue weighted by Gasteiger charge is 2.15. The summed E-state index contributed by atoms with van der Waals surface area (Å²) in [6.07, 6.45) is 4.94. The Balaban J connectivity index is 2.41. The molecule has 0 unspecified atom stereocenters. The van der Waals surface area contributed by atoms with Gasteiger partial charge in [0.25, 0.3) is 0 Å². The lowest BCUT2D eigenvalue weighted by molar-refractivity contribution is 0.204. The second kappa shape index (κ2) is 9.06. The third-order valence-corrected chi connectivity index (χ3v) is 4.10. The normalized spacial score (nSPS) is 11.9. The zero-order chi connectivity index (χ0) is 14.8. The average molecular weight is 304 g/mol. The smallest absolute Gasteiger partial charge is 0.243 e. The molecular formula is C12H24N4O3S. The van der Waals surface area contributed by atoms with E-state index in [1.807, 2.05) is 0 Å². The van der Waals surface area contributed by atoms with Crippen molar-refractivity contribution in [3.05, 3.63) is 12.4 Å². The molecule has 0 fully saturated rings. The van der Waals surface area contributed by atoms with Gasteiger partial charge in [0.1, 0.15) is 4.90 Å². The van der Waals surface area contributed by atoms with Crippen molar-refractivity contribution in [1.29, 1.82) is 0 Å². The van der Waals surface area contributed by atoms with Gasteiger partial charge in [0.2, 0.25) is 10.0 Å². The van der Waals surface area contributed by atoms with Crippen LogP contribution in [0.1, 0.15) is 19.8 Å². The van der Waals surface area contributed by atoms with Crippen LogP contribution in [0.4, 0.5) is 0 Å². The maximum absolute atomic E-state index is 11.9. The molecule has 1 rings (SSSR count). The molecule has 0 atom stereocenters. The van der Waals surface area contributed by atoms with E-state index in [0.717, 1.165) is 25.9 Å². The number of aromatic nitrogens is 2. The summed E-state index contributed by atoms with van der Waals surface area (Å²) in [6.45, 7) is 5.32. The Morgan fingerprint density at radius 2 is 2.15 bits per heavy atom. The Labute approximate surface area is 120 Å². The third kappa shape index (κ3) is 6.00. The van der Waals surface area contributed by atoms with Gasteiger partial charge in [0.15, 0.2) is 0 Å². The number of nitrogens with zero attached hydrogens (tertiary/aromatic N) is 2. The van der Waals surface area contributed by atoms with Crippen LogP contribution < -0.4 is 10.0 Å². The van der Waals surface area contributed by atoms with E-state index in [1.165, 1.54) is 13.3 Å². The van der Waals surface area contributed by atoms with E-state index < -0.39 is 10.0 Å². The van der Waals surface area contributed by atoms with Gasteiger partial charge >= 0.3 is 0 Å². The predicted molar refractivity (Wildman–Crippen MR) is 77.1 cm³/mol. The molecule has 1 heterocycles. The number of aryl methyl sites for hydroxylation is 1. The number of hydrogen-bond acceptors (Lipinski definition) is 5.